The van der Waals surface area contributed by atoms with Gasteiger partial charge in [0, 0.05) is 46.8 Å². The van der Waals surface area contributed by atoms with Crippen molar-refractivity contribution in [2.45, 2.75) is 0 Å². The molecule has 0 aliphatic rings. The summed E-state index contributed by atoms with van der Waals surface area (Å²) < 4.78 is 0. The van der Waals surface area contributed by atoms with E-state index in [4.69, 9.17) is 0 Å². The topological polar surface area (TPSA) is 0 Å². The van der Waals surface area contributed by atoms with Crippen LogP contribution in [-0.2, 0) is 46.8 Å². The molecule has 0 aromatic heterocycles. The zero-order valence-corrected chi connectivity index (χ0v) is 19.8. The quantitative estimate of drug-likeness (QED) is 0.353. The normalized spacial score (nSPS) is 0. The van der Waals surface area contributed by atoms with Gasteiger partial charge in [-0.3, -0.25) is 0 Å². The molecule has 0 atom stereocenters. The molecule has 4 heteroatoms. The van der Waals surface area contributed by atoms with Crippen LogP contribution in [0.15, 0.2) is 0 Å². The zero-order valence-electron chi connectivity index (χ0n) is 4.83. The Bertz CT molecular complexity index is 13.5. The molecule has 0 aliphatic carbocycles. The van der Waals surface area contributed by atoms with Crippen LogP contribution in [0.3, 0.4) is 0 Å². The van der Waals surface area contributed by atoms with Gasteiger partial charge < -0.3 is 2.85 Å². The average Bonchev–Trinajstić information content (AvgIpc) is 0. The summed E-state index contributed by atoms with van der Waals surface area (Å²) in [6, 6.07) is 0. The standard InChI is InChI=1S/Ba.Cd.Pb.Zn.4H/q+2;;;;;;2*-1. The molecular formula is H4BaCdPbZn. The molecule has 0 aliphatic heterocycles. The van der Waals surface area contributed by atoms with Crippen molar-refractivity contribution in [3.05, 3.63) is 0 Å². The van der Waals surface area contributed by atoms with Crippen LogP contribution in [0.5, 0.6) is 0 Å². The predicted octanol–water partition coefficient (Wildman–Crippen LogP) is -1.08. The molecular weight excluding hydrogens is 522 g/mol. The van der Waals surface area contributed by atoms with E-state index in [1.807, 2.05) is 0 Å². The van der Waals surface area contributed by atoms with Crippen molar-refractivity contribution >= 4 is 76.2 Å². The fraction of sp³-hybridized carbons (Fsp3) is 0. The Morgan fingerprint density at radius 2 is 1.25 bits per heavy atom. The summed E-state index contributed by atoms with van der Waals surface area (Å²) in [5.41, 5.74) is 0. The Morgan fingerprint density at radius 3 is 1.25 bits per heavy atom. The second kappa shape index (κ2) is 15.7. The number of hydrogen-bond acceptors (Lipinski definition) is 0. The molecule has 0 saturated carbocycles. The van der Waals surface area contributed by atoms with Gasteiger partial charge in [0.15, 0.2) is 0 Å². The zero-order chi connectivity index (χ0) is 0. The molecule has 4 heavy (non-hydrogen) atoms. The smallest absolute Gasteiger partial charge is 0 e. The second-order valence-corrected chi connectivity index (χ2v) is 0. The number of rotatable bonds is 0. The van der Waals surface area contributed by atoms with Gasteiger partial charge in [0.2, 0.25) is 0 Å². The fourth-order valence-electron chi connectivity index (χ4n) is 0. The van der Waals surface area contributed by atoms with Gasteiger partial charge in [-0.1, -0.05) is 0 Å². The maximum atomic E-state index is 0. The summed E-state index contributed by atoms with van der Waals surface area (Å²) in [5.74, 6) is 0. The molecule has 0 aromatic carbocycles. The third-order valence-electron chi connectivity index (χ3n) is 0. The molecule has 0 amide bonds. The summed E-state index contributed by atoms with van der Waals surface area (Å²) in [5, 5.41) is 0. The second-order valence-electron chi connectivity index (χ2n) is 0. The maximum absolute atomic E-state index is 0. The summed E-state index contributed by atoms with van der Waals surface area (Å²) in [4.78, 5) is 0. The SMILES string of the molecule is [Ba+2].[Cd].[H-].[H-].[PbH2].[Zn]. The molecule has 0 nitrogen and oxygen atoms in total. The van der Waals surface area contributed by atoms with E-state index in [1.165, 1.54) is 0 Å². The van der Waals surface area contributed by atoms with Crippen LogP contribution in [0.25, 0.3) is 0 Å². The van der Waals surface area contributed by atoms with E-state index in [9.17, 15) is 0 Å². The average molecular weight is 526 g/mol. The first-order valence-electron chi connectivity index (χ1n) is 0. The minimum atomic E-state index is 0. The molecule has 0 fully saturated rings. The molecule has 2 radical (unpaired) electrons. The first-order valence-corrected chi connectivity index (χ1v) is 0. The van der Waals surface area contributed by atoms with Crippen molar-refractivity contribution in [2.75, 3.05) is 0 Å². The Hall–Kier alpha value is 4.04. The van der Waals surface area contributed by atoms with E-state index in [0.717, 1.165) is 0 Å². The van der Waals surface area contributed by atoms with Crippen LogP contribution in [0.2, 0.25) is 0 Å². The van der Waals surface area contributed by atoms with Crippen molar-refractivity contribution in [1.82, 2.24) is 0 Å². The van der Waals surface area contributed by atoms with Crippen LogP contribution in [-0.4, -0.2) is 76.2 Å². The van der Waals surface area contributed by atoms with Gasteiger partial charge in [0.1, 0.15) is 0 Å². The summed E-state index contributed by atoms with van der Waals surface area (Å²) >= 11 is 0. The van der Waals surface area contributed by atoms with E-state index in [0.29, 0.717) is 0 Å². The molecule has 0 rings (SSSR count). The van der Waals surface area contributed by atoms with Crippen LogP contribution >= 0.6 is 0 Å². The Labute approximate surface area is 122 Å². The van der Waals surface area contributed by atoms with Gasteiger partial charge in [-0.25, -0.2) is 0 Å². The predicted molar refractivity (Wildman–Crippen MR) is 16.5 cm³/mol. The minimum Gasteiger partial charge on any atom is 0 e. The van der Waals surface area contributed by atoms with E-state index in [-0.39, 0.29) is 126 Å². The van der Waals surface area contributed by atoms with E-state index in [1.54, 1.807) is 0 Å². The number of hydrogen-bond donors (Lipinski definition) is 0. The first kappa shape index (κ1) is 24.4. The summed E-state index contributed by atoms with van der Waals surface area (Å²) in [6.45, 7) is 0. The monoisotopic (exact) mass is 528 g/mol. The summed E-state index contributed by atoms with van der Waals surface area (Å²) in [7, 11) is 0. The Kier molecular flexibility index (Phi) is 96.1. The van der Waals surface area contributed by atoms with E-state index in [2.05, 4.69) is 0 Å². The molecule has 0 aromatic rings. The first-order chi connectivity index (χ1) is 0. The third-order valence-corrected chi connectivity index (χ3v) is 0. The Morgan fingerprint density at radius 1 is 1.25 bits per heavy atom. The van der Waals surface area contributed by atoms with Crippen molar-refractivity contribution in [2.24, 2.45) is 0 Å². The fourth-order valence-corrected chi connectivity index (χ4v) is 0. The third kappa shape index (κ3) is 9.40. The van der Waals surface area contributed by atoms with Crippen LogP contribution in [0, 0.1) is 0 Å². The largest absolute Gasteiger partial charge is 0 e. The van der Waals surface area contributed by atoms with E-state index < -0.39 is 0 Å². The van der Waals surface area contributed by atoms with Crippen molar-refractivity contribution in [1.29, 1.82) is 0 Å². The van der Waals surface area contributed by atoms with Crippen molar-refractivity contribution in [3.8, 4) is 0 Å². The van der Waals surface area contributed by atoms with E-state index >= 15 is 0 Å². The van der Waals surface area contributed by atoms with Crippen LogP contribution in [0.1, 0.15) is 2.85 Å². The van der Waals surface area contributed by atoms with Gasteiger partial charge in [-0.15, -0.1) is 0 Å². The molecule has 0 heterocycles. The van der Waals surface area contributed by atoms with Gasteiger partial charge in [0.25, 0.3) is 0 Å². The van der Waals surface area contributed by atoms with Crippen molar-refractivity contribution in [3.63, 3.8) is 0 Å². The molecule has 0 unspecified atom stereocenters. The van der Waals surface area contributed by atoms with Crippen LogP contribution in [0.4, 0.5) is 0 Å². The van der Waals surface area contributed by atoms with Gasteiger partial charge in [-0.05, 0) is 0 Å². The van der Waals surface area contributed by atoms with Crippen LogP contribution < -0.4 is 0 Å². The Balaban J connectivity index is 0. The molecule has 14 valence electrons. The van der Waals surface area contributed by atoms with Gasteiger partial charge >= 0.3 is 76.2 Å². The maximum Gasteiger partial charge on any atom is 0 e. The van der Waals surface area contributed by atoms with Gasteiger partial charge in [-0.2, -0.15) is 0 Å². The molecule has 0 spiro atoms. The molecule has 0 saturated heterocycles. The minimum absolute atomic E-state index is 0. The van der Waals surface area contributed by atoms with Gasteiger partial charge in [0.05, 0.1) is 0 Å². The van der Waals surface area contributed by atoms with Crippen molar-refractivity contribution < 1.29 is 49.6 Å². The molecule has 0 N–H and O–H groups in total. The molecule has 0 bridgehead atoms. The summed E-state index contributed by atoms with van der Waals surface area (Å²) in [6.07, 6.45) is 0.